The summed E-state index contributed by atoms with van der Waals surface area (Å²) in [6.07, 6.45) is 0. The summed E-state index contributed by atoms with van der Waals surface area (Å²) in [5, 5.41) is 9.62. The van der Waals surface area contributed by atoms with Gasteiger partial charge in [-0.05, 0) is 53.5 Å². The molecule has 0 aliphatic rings. The highest BCUT2D eigenvalue weighted by molar-refractivity contribution is 9.10. The number of amides is 1. The molecule has 1 N–H and O–H groups in total. The van der Waals surface area contributed by atoms with E-state index in [2.05, 4.69) is 15.9 Å². The lowest BCUT2D eigenvalue weighted by Gasteiger charge is -2.24. The number of halogens is 2. The normalized spacial score (nSPS) is 10.5. The molecule has 0 spiro atoms. The van der Waals surface area contributed by atoms with Crippen LogP contribution in [0.3, 0.4) is 0 Å². The van der Waals surface area contributed by atoms with Crippen molar-refractivity contribution in [1.29, 1.82) is 0 Å². The van der Waals surface area contributed by atoms with E-state index in [1.54, 1.807) is 25.1 Å². The van der Waals surface area contributed by atoms with Crippen LogP contribution in [0.15, 0.2) is 40.9 Å². The number of phenols is 1. The molecular weight excluding hydrogens is 337 g/mol. The van der Waals surface area contributed by atoms with Gasteiger partial charge in [0.1, 0.15) is 11.6 Å². The first-order valence-electron chi connectivity index (χ1n) is 6.51. The maximum absolute atomic E-state index is 14.0. The van der Waals surface area contributed by atoms with Crippen molar-refractivity contribution in [2.75, 3.05) is 11.4 Å². The first kappa shape index (κ1) is 15.5. The number of carbonyl (C=O) groups is 1. The number of aromatic hydroxyl groups is 1. The fourth-order valence-electron chi connectivity index (χ4n) is 2.15. The largest absolute Gasteiger partial charge is 0.508 e. The molecule has 2 rings (SSSR count). The van der Waals surface area contributed by atoms with Gasteiger partial charge in [0.25, 0.3) is 5.91 Å². The second-order valence-corrected chi connectivity index (χ2v) is 5.47. The van der Waals surface area contributed by atoms with Crippen LogP contribution in [0.2, 0.25) is 0 Å². The number of hydrogen-bond donors (Lipinski definition) is 1. The standard InChI is InChI=1S/C16H15BrFNO2/c1-3-19(14-9-11(20)8-7-10(14)2)16(21)15-12(17)5-4-6-13(15)18/h4-9,20H,3H2,1-2H3. The van der Waals surface area contributed by atoms with Crippen LogP contribution < -0.4 is 4.90 Å². The van der Waals surface area contributed by atoms with Crippen molar-refractivity contribution in [3.8, 4) is 5.75 Å². The predicted octanol–water partition coefficient (Wildman–Crippen LogP) is 4.27. The molecular formula is C16H15BrFNO2. The molecule has 0 bridgehead atoms. The minimum atomic E-state index is -0.578. The van der Waals surface area contributed by atoms with Crippen LogP contribution >= 0.6 is 15.9 Å². The zero-order valence-electron chi connectivity index (χ0n) is 11.7. The second kappa shape index (κ2) is 6.26. The monoisotopic (exact) mass is 351 g/mol. The van der Waals surface area contributed by atoms with Crippen molar-refractivity contribution >= 4 is 27.5 Å². The lowest BCUT2D eigenvalue weighted by molar-refractivity contribution is 0.0983. The van der Waals surface area contributed by atoms with Gasteiger partial charge in [-0.3, -0.25) is 4.79 Å². The van der Waals surface area contributed by atoms with Crippen LogP contribution in [0.1, 0.15) is 22.8 Å². The SMILES string of the molecule is CCN(C(=O)c1c(F)cccc1Br)c1cc(O)ccc1C. The zero-order chi connectivity index (χ0) is 15.6. The van der Waals surface area contributed by atoms with Crippen molar-refractivity contribution in [3.05, 3.63) is 57.8 Å². The van der Waals surface area contributed by atoms with Gasteiger partial charge in [0.15, 0.2) is 0 Å². The highest BCUT2D eigenvalue weighted by Crippen LogP contribution is 2.28. The first-order chi connectivity index (χ1) is 9.95. The topological polar surface area (TPSA) is 40.5 Å². The molecule has 5 heteroatoms. The van der Waals surface area contributed by atoms with E-state index >= 15 is 0 Å². The number of rotatable bonds is 3. The van der Waals surface area contributed by atoms with Gasteiger partial charge in [0.05, 0.1) is 11.3 Å². The van der Waals surface area contributed by atoms with E-state index in [4.69, 9.17) is 0 Å². The molecule has 1 amide bonds. The quantitative estimate of drug-likeness (QED) is 0.896. The highest BCUT2D eigenvalue weighted by atomic mass is 79.9. The van der Waals surface area contributed by atoms with Gasteiger partial charge >= 0.3 is 0 Å². The maximum atomic E-state index is 14.0. The number of hydrogen-bond acceptors (Lipinski definition) is 2. The Labute approximate surface area is 131 Å². The van der Waals surface area contributed by atoms with E-state index in [-0.39, 0.29) is 11.3 Å². The number of benzene rings is 2. The summed E-state index contributed by atoms with van der Waals surface area (Å²) >= 11 is 3.21. The zero-order valence-corrected chi connectivity index (χ0v) is 13.3. The van der Waals surface area contributed by atoms with Crippen molar-refractivity contribution in [1.82, 2.24) is 0 Å². The van der Waals surface area contributed by atoms with E-state index in [9.17, 15) is 14.3 Å². The summed E-state index contributed by atoms with van der Waals surface area (Å²) in [5.74, 6) is -0.962. The average molecular weight is 352 g/mol. The summed E-state index contributed by atoms with van der Waals surface area (Å²) in [4.78, 5) is 14.1. The lowest BCUT2D eigenvalue weighted by atomic mass is 10.1. The molecule has 0 saturated carbocycles. The molecule has 0 aliphatic carbocycles. The molecule has 0 aromatic heterocycles. The Bertz CT molecular complexity index is 668. The Morgan fingerprint density at radius 2 is 2.05 bits per heavy atom. The van der Waals surface area contributed by atoms with Crippen molar-refractivity contribution < 1.29 is 14.3 Å². The number of aryl methyl sites for hydroxylation is 1. The number of carbonyl (C=O) groups excluding carboxylic acids is 1. The van der Waals surface area contributed by atoms with Crippen molar-refractivity contribution in [2.45, 2.75) is 13.8 Å². The Morgan fingerprint density at radius 3 is 2.67 bits per heavy atom. The third-order valence-corrected chi connectivity index (χ3v) is 3.88. The van der Waals surface area contributed by atoms with Crippen molar-refractivity contribution in [2.24, 2.45) is 0 Å². The molecule has 2 aromatic rings. The Kier molecular flexibility index (Phi) is 4.63. The second-order valence-electron chi connectivity index (χ2n) is 4.62. The Balaban J connectivity index is 2.51. The summed E-state index contributed by atoms with van der Waals surface area (Å²) < 4.78 is 14.4. The molecule has 0 aliphatic heterocycles. The molecule has 0 fully saturated rings. The third kappa shape index (κ3) is 3.08. The van der Waals surface area contributed by atoms with E-state index in [1.807, 2.05) is 6.92 Å². The van der Waals surface area contributed by atoms with Crippen LogP contribution in [-0.4, -0.2) is 17.6 Å². The number of nitrogens with zero attached hydrogens (tertiary/aromatic N) is 1. The molecule has 21 heavy (non-hydrogen) atoms. The predicted molar refractivity (Wildman–Crippen MR) is 84.3 cm³/mol. The molecule has 0 unspecified atom stereocenters. The van der Waals surface area contributed by atoms with Crippen LogP contribution in [0.25, 0.3) is 0 Å². The Hall–Kier alpha value is -1.88. The fourth-order valence-corrected chi connectivity index (χ4v) is 2.66. The number of phenolic OH excluding ortho intramolecular Hbond substituents is 1. The van der Waals surface area contributed by atoms with E-state index in [0.29, 0.717) is 16.7 Å². The van der Waals surface area contributed by atoms with Gasteiger partial charge < -0.3 is 10.0 Å². The van der Waals surface area contributed by atoms with Crippen LogP contribution in [-0.2, 0) is 0 Å². The molecule has 0 saturated heterocycles. The fraction of sp³-hybridized carbons (Fsp3) is 0.188. The minimum absolute atomic E-state index is 0.0120. The summed E-state index contributed by atoms with van der Waals surface area (Å²) in [7, 11) is 0. The number of anilines is 1. The summed E-state index contributed by atoms with van der Waals surface area (Å²) in [6.45, 7) is 4.00. The van der Waals surface area contributed by atoms with Gasteiger partial charge in [-0.25, -0.2) is 4.39 Å². The third-order valence-electron chi connectivity index (χ3n) is 3.22. The van der Waals surface area contributed by atoms with Gasteiger partial charge in [-0.1, -0.05) is 12.1 Å². The van der Waals surface area contributed by atoms with Crippen LogP contribution in [0.4, 0.5) is 10.1 Å². The van der Waals surface area contributed by atoms with E-state index in [0.717, 1.165) is 5.56 Å². The molecule has 0 atom stereocenters. The first-order valence-corrected chi connectivity index (χ1v) is 7.30. The summed E-state index contributed by atoms with van der Waals surface area (Å²) in [6, 6.07) is 9.19. The molecule has 0 radical (unpaired) electrons. The van der Waals surface area contributed by atoms with Gasteiger partial charge in [0, 0.05) is 17.1 Å². The van der Waals surface area contributed by atoms with Gasteiger partial charge in [-0.2, -0.15) is 0 Å². The molecule has 3 nitrogen and oxygen atoms in total. The van der Waals surface area contributed by atoms with E-state index < -0.39 is 11.7 Å². The van der Waals surface area contributed by atoms with Gasteiger partial charge in [0.2, 0.25) is 0 Å². The van der Waals surface area contributed by atoms with Gasteiger partial charge in [-0.15, -0.1) is 0 Å². The minimum Gasteiger partial charge on any atom is -0.508 e. The highest BCUT2D eigenvalue weighted by Gasteiger charge is 2.23. The van der Waals surface area contributed by atoms with Crippen LogP contribution in [0, 0.1) is 12.7 Å². The average Bonchev–Trinajstić information content (AvgIpc) is 2.43. The molecule has 110 valence electrons. The lowest BCUT2D eigenvalue weighted by Crippen LogP contribution is -2.32. The van der Waals surface area contributed by atoms with Crippen molar-refractivity contribution in [3.63, 3.8) is 0 Å². The van der Waals surface area contributed by atoms with Crippen LogP contribution in [0.5, 0.6) is 5.75 Å². The molecule has 0 heterocycles. The Morgan fingerprint density at radius 1 is 1.33 bits per heavy atom. The van der Waals surface area contributed by atoms with E-state index in [1.165, 1.54) is 23.1 Å². The smallest absolute Gasteiger partial charge is 0.262 e. The maximum Gasteiger partial charge on any atom is 0.262 e. The molecule has 2 aromatic carbocycles. The summed E-state index contributed by atoms with van der Waals surface area (Å²) in [5.41, 5.74) is 1.38.